The van der Waals surface area contributed by atoms with Crippen molar-refractivity contribution in [3.63, 3.8) is 0 Å². The van der Waals surface area contributed by atoms with Gasteiger partial charge in [0, 0.05) is 16.5 Å². The van der Waals surface area contributed by atoms with E-state index in [0.717, 1.165) is 22.3 Å². The number of hydrogen-bond donors (Lipinski definition) is 1. The topological polar surface area (TPSA) is 55.4 Å². The average molecular weight is 365 g/mol. The van der Waals surface area contributed by atoms with Crippen molar-refractivity contribution in [1.29, 1.82) is 0 Å². The predicted octanol–water partition coefficient (Wildman–Crippen LogP) is 5.07. The molecule has 0 fully saturated rings. The van der Waals surface area contributed by atoms with Crippen molar-refractivity contribution in [1.82, 2.24) is 0 Å². The second-order valence-corrected chi connectivity index (χ2v) is 6.86. The van der Waals surface area contributed by atoms with Crippen molar-refractivity contribution in [3.8, 4) is 11.1 Å². The first-order valence-electron chi connectivity index (χ1n) is 8.15. The molecular weight excluding hydrogens is 346 g/mol. The van der Waals surface area contributed by atoms with Crippen LogP contribution in [0.25, 0.3) is 11.1 Å². The number of hydrogen-bond acceptors (Lipinski definition) is 4. The van der Waals surface area contributed by atoms with Crippen LogP contribution in [-0.4, -0.2) is 19.0 Å². The number of methoxy groups -OCH3 is 1. The smallest absolute Gasteiger partial charge is 0.341 e. The molecule has 0 radical (unpaired) electrons. The third kappa shape index (κ3) is 3.53. The molecule has 26 heavy (non-hydrogen) atoms. The Balaban J connectivity index is 2.00. The van der Waals surface area contributed by atoms with Gasteiger partial charge < -0.3 is 10.1 Å². The van der Waals surface area contributed by atoms with Gasteiger partial charge in [-0.15, -0.1) is 11.3 Å². The van der Waals surface area contributed by atoms with Gasteiger partial charge in [-0.25, -0.2) is 4.79 Å². The van der Waals surface area contributed by atoms with Crippen molar-refractivity contribution in [2.24, 2.45) is 0 Å². The highest BCUT2D eigenvalue weighted by Crippen LogP contribution is 2.36. The molecule has 5 heteroatoms. The fourth-order valence-corrected chi connectivity index (χ4v) is 3.65. The van der Waals surface area contributed by atoms with Gasteiger partial charge in [0.25, 0.3) is 5.91 Å². The van der Waals surface area contributed by atoms with E-state index in [0.29, 0.717) is 16.1 Å². The molecule has 1 aromatic heterocycles. The molecule has 1 amide bonds. The number of aryl methyl sites for hydroxylation is 2. The first-order valence-corrected chi connectivity index (χ1v) is 9.03. The maximum atomic E-state index is 12.6. The van der Waals surface area contributed by atoms with Gasteiger partial charge in [0.15, 0.2) is 0 Å². The van der Waals surface area contributed by atoms with E-state index < -0.39 is 5.97 Å². The summed E-state index contributed by atoms with van der Waals surface area (Å²) in [5.74, 6) is -0.715. The number of esters is 1. The van der Waals surface area contributed by atoms with E-state index in [-0.39, 0.29) is 5.91 Å². The van der Waals surface area contributed by atoms with E-state index in [2.05, 4.69) is 5.32 Å². The molecule has 0 saturated carbocycles. The minimum atomic E-state index is -0.470. The predicted molar refractivity (Wildman–Crippen MR) is 105 cm³/mol. The van der Waals surface area contributed by atoms with Gasteiger partial charge in [-0.05, 0) is 31.0 Å². The summed E-state index contributed by atoms with van der Waals surface area (Å²) in [5.41, 5.74) is 4.62. The molecule has 0 unspecified atom stereocenters. The van der Waals surface area contributed by atoms with Crippen LogP contribution < -0.4 is 5.32 Å². The summed E-state index contributed by atoms with van der Waals surface area (Å²) in [5, 5.41) is 5.22. The molecule has 1 N–H and O–H groups in total. The van der Waals surface area contributed by atoms with Crippen LogP contribution in [0.5, 0.6) is 0 Å². The van der Waals surface area contributed by atoms with Crippen molar-refractivity contribution in [2.75, 3.05) is 12.4 Å². The fourth-order valence-electron chi connectivity index (χ4n) is 2.70. The Bertz CT molecular complexity index is 958. The highest BCUT2D eigenvalue weighted by molar-refractivity contribution is 7.15. The normalized spacial score (nSPS) is 10.4. The van der Waals surface area contributed by atoms with Crippen molar-refractivity contribution in [2.45, 2.75) is 13.8 Å². The molecule has 0 spiro atoms. The third-order valence-electron chi connectivity index (χ3n) is 4.16. The number of anilines is 1. The van der Waals surface area contributed by atoms with E-state index in [1.54, 1.807) is 6.07 Å². The molecule has 3 aromatic rings. The van der Waals surface area contributed by atoms with Crippen LogP contribution in [-0.2, 0) is 4.74 Å². The van der Waals surface area contributed by atoms with E-state index >= 15 is 0 Å². The molecule has 3 rings (SSSR count). The van der Waals surface area contributed by atoms with E-state index in [1.807, 2.05) is 61.7 Å². The van der Waals surface area contributed by atoms with Gasteiger partial charge in [-0.2, -0.15) is 0 Å². The van der Waals surface area contributed by atoms with Gasteiger partial charge in [0.05, 0.1) is 7.11 Å². The Labute approximate surface area is 156 Å². The number of rotatable bonds is 4. The number of ether oxygens (including phenoxy) is 1. The molecule has 0 saturated heterocycles. The average Bonchev–Trinajstić information content (AvgIpc) is 3.05. The maximum Gasteiger partial charge on any atom is 0.341 e. The molecule has 0 aliphatic heterocycles. The lowest BCUT2D eigenvalue weighted by Crippen LogP contribution is -2.15. The molecule has 132 valence electrons. The number of thiophene rings is 1. The number of carbonyl (C=O) groups excluding carboxylic acids is 2. The summed E-state index contributed by atoms with van der Waals surface area (Å²) in [7, 11) is 1.34. The monoisotopic (exact) mass is 365 g/mol. The number of nitrogens with one attached hydrogen (secondary N) is 1. The second kappa shape index (κ2) is 7.54. The van der Waals surface area contributed by atoms with Gasteiger partial charge >= 0.3 is 5.97 Å². The van der Waals surface area contributed by atoms with E-state index in [9.17, 15) is 9.59 Å². The SMILES string of the molecule is COC(=O)c1c(-c2ccc(C)cc2)csc1NC(=O)c1ccccc1C. The molecule has 0 atom stereocenters. The summed E-state index contributed by atoms with van der Waals surface area (Å²) in [4.78, 5) is 25.0. The third-order valence-corrected chi connectivity index (χ3v) is 5.06. The first kappa shape index (κ1) is 17.9. The lowest BCUT2D eigenvalue weighted by Gasteiger charge is -2.09. The van der Waals surface area contributed by atoms with Crippen LogP contribution in [0.2, 0.25) is 0 Å². The summed E-state index contributed by atoms with van der Waals surface area (Å²) < 4.78 is 4.95. The van der Waals surface area contributed by atoms with Crippen LogP contribution in [0.1, 0.15) is 31.8 Å². The minimum absolute atomic E-state index is 0.245. The molecular formula is C21H19NO3S. The van der Waals surface area contributed by atoms with Crippen LogP contribution in [0, 0.1) is 13.8 Å². The first-order chi connectivity index (χ1) is 12.5. The highest BCUT2D eigenvalue weighted by Gasteiger charge is 2.23. The summed E-state index contributed by atoms with van der Waals surface area (Å²) in [6.45, 7) is 3.88. The van der Waals surface area contributed by atoms with Crippen LogP contribution in [0.3, 0.4) is 0 Å². The number of amides is 1. The Morgan fingerprint density at radius 2 is 1.69 bits per heavy atom. The second-order valence-electron chi connectivity index (χ2n) is 5.98. The molecule has 0 aliphatic rings. The largest absolute Gasteiger partial charge is 0.465 e. The standard InChI is InChI=1S/C21H19NO3S/c1-13-8-10-15(11-9-13)17-12-26-20(18(17)21(24)25-3)22-19(23)16-7-5-4-6-14(16)2/h4-12H,1-3H3,(H,22,23). The van der Waals surface area contributed by atoms with Crippen molar-refractivity contribution < 1.29 is 14.3 Å². The molecule has 1 heterocycles. The fraction of sp³-hybridized carbons (Fsp3) is 0.143. The lowest BCUT2D eigenvalue weighted by molar-refractivity contribution is 0.0603. The molecule has 0 bridgehead atoms. The minimum Gasteiger partial charge on any atom is -0.465 e. The van der Waals surface area contributed by atoms with E-state index in [1.165, 1.54) is 18.4 Å². The lowest BCUT2D eigenvalue weighted by atomic mass is 10.0. The quantitative estimate of drug-likeness (QED) is 0.657. The van der Waals surface area contributed by atoms with E-state index in [4.69, 9.17) is 4.74 Å². The Hall–Kier alpha value is -2.92. The molecule has 4 nitrogen and oxygen atoms in total. The highest BCUT2D eigenvalue weighted by atomic mass is 32.1. The van der Waals surface area contributed by atoms with Crippen LogP contribution in [0.4, 0.5) is 5.00 Å². The number of carbonyl (C=O) groups is 2. The van der Waals surface area contributed by atoms with Crippen LogP contribution in [0.15, 0.2) is 53.9 Å². The maximum absolute atomic E-state index is 12.6. The van der Waals surface area contributed by atoms with Crippen LogP contribution >= 0.6 is 11.3 Å². The zero-order valence-corrected chi connectivity index (χ0v) is 15.6. The van der Waals surface area contributed by atoms with Gasteiger partial charge in [-0.3, -0.25) is 4.79 Å². The molecule has 2 aromatic carbocycles. The Morgan fingerprint density at radius 1 is 1.00 bits per heavy atom. The zero-order valence-electron chi connectivity index (χ0n) is 14.8. The number of benzene rings is 2. The summed E-state index contributed by atoms with van der Waals surface area (Å²) >= 11 is 1.31. The Morgan fingerprint density at radius 3 is 2.35 bits per heavy atom. The van der Waals surface area contributed by atoms with Gasteiger partial charge in [-0.1, -0.05) is 48.0 Å². The summed E-state index contributed by atoms with van der Waals surface area (Å²) in [6.07, 6.45) is 0. The molecule has 0 aliphatic carbocycles. The van der Waals surface area contributed by atoms with Gasteiger partial charge in [0.1, 0.15) is 10.6 Å². The summed E-state index contributed by atoms with van der Waals surface area (Å²) in [6, 6.07) is 15.2. The van der Waals surface area contributed by atoms with Crippen molar-refractivity contribution >= 4 is 28.2 Å². The van der Waals surface area contributed by atoms with Crippen molar-refractivity contribution in [3.05, 3.63) is 76.2 Å². The Kier molecular flexibility index (Phi) is 5.19. The van der Waals surface area contributed by atoms with Gasteiger partial charge in [0.2, 0.25) is 0 Å². The zero-order chi connectivity index (χ0) is 18.7.